The van der Waals surface area contributed by atoms with Crippen molar-refractivity contribution in [1.82, 2.24) is 14.7 Å². The predicted molar refractivity (Wildman–Crippen MR) is 65.7 cm³/mol. The summed E-state index contributed by atoms with van der Waals surface area (Å²) in [6, 6.07) is 0. The Morgan fingerprint density at radius 2 is 1.79 bits per heavy atom. The number of piperazine rings is 1. The van der Waals surface area contributed by atoms with Gasteiger partial charge in [-0.25, -0.2) is 0 Å². The van der Waals surface area contributed by atoms with Crippen LogP contribution >= 0.6 is 0 Å². The molecule has 106 valence electrons. The highest BCUT2D eigenvalue weighted by Gasteiger charge is 2.30. The first-order valence-electron chi connectivity index (χ1n) is 6.02. The predicted octanol–water partition coefficient (Wildman–Crippen LogP) is -2.38. The molecule has 0 atom stereocenters. The zero-order chi connectivity index (χ0) is 14.4. The molecule has 1 rings (SSSR count). The van der Waals surface area contributed by atoms with Gasteiger partial charge in [0.15, 0.2) is 0 Å². The molecule has 0 bridgehead atoms. The highest BCUT2D eigenvalue weighted by Crippen LogP contribution is 2.03. The van der Waals surface area contributed by atoms with E-state index >= 15 is 0 Å². The van der Waals surface area contributed by atoms with Crippen LogP contribution in [0.3, 0.4) is 0 Å². The molecular formula is C11H18N4O4. The van der Waals surface area contributed by atoms with Gasteiger partial charge in [-0.1, -0.05) is 0 Å². The van der Waals surface area contributed by atoms with Gasteiger partial charge in [0.2, 0.25) is 12.3 Å². The van der Waals surface area contributed by atoms with Crippen molar-refractivity contribution in [3.8, 4) is 0 Å². The summed E-state index contributed by atoms with van der Waals surface area (Å²) in [5, 5.41) is 0. The van der Waals surface area contributed by atoms with Crippen LogP contribution in [-0.4, -0.2) is 78.1 Å². The normalized spacial score (nSPS) is 15.1. The van der Waals surface area contributed by atoms with E-state index in [-0.39, 0.29) is 26.2 Å². The minimum atomic E-state index is -0.863. The lowest BCUT2D eigenvalue weighted by Crippen LogP contribution is -2.54. The van der Waals surface area contributed by atoms with Gasteiger partial charge in [-0.05, 0) is 0 Å². The van der Waals surface area contributed by atoms with Crippen LogP contribution in [0.5, 0.6) is 0 Å². The van der Waals surface area contributed by atoms with Crippen LogP contribution in [0, 0.1) is 0 Å². The molecule has 1 fully saturated rings. The Morgan fingerprint density at radius 1 is 1.21 bits per heavy atom. The van der Waals surface area contributed by atoms with Crippen LogP contribution < -0.4 is 5.73 Å². The van der Waals surface area contributed by atoms with E-state index in [1.807, 2.05) is 0 Å². The molecule has 0 aliphatic carbocycles. The van der Waals surface area contributed by atoms with Gasteiger partial charge in [0, 0.05) is 46.2 Å². The van der Waals surface area contributed by atoms with Gasteiger partial charge >= 0.3 is 11.8 Å². The number of nitrogens with two attached hydrogens (primary N) is 1. The Kier molecular flexibility index (Phi) is 5.43. The summed E-state index contributed by atoms with van der Waals surface area (Å²) in [4.78, 5) is 49.4. The van der Waals surface area contributed by atoms with E-state index in [1.165, 1.54) is 16.7 Å². The van der Waals surface area contributed by atoms with Gasteiger partial charge in [-0.15, -0.1) is 0 Å². The molecule has 1 aliphatic heterocycles. The number of carbonyl (C=O) groups excluding carboxylic acids is 4. The van der Waals surface area contributed by atoms with Crippen LogP contribution in [0.25, 0.3) is 0 Å². The number of hydrogen-bond donors (Lipinski definition) is 1. The number of imide groups is 1. The minimum absolute atomic E-state index is 0.0220. The van der Waals surface area contributed by atoms with E-state index in [1.54, 1.807) is 0 Å². The van der Waals surface area contributed by atoms with E-state index in [9.17, 15) is 19.2 Å². The molecule has 0 aromatic heterocycles. The monoisotopic (exact) mass is 270 g/mol. The van der Waals surface area contributed by atoms with Gasteiger partial charge in [-0.2, -0.15) is 0 Å². The van der Waals surface area contributed by atoms with E-state index in [4.69, 9.17) is 5.73 Å². The standard InChI is InChI=1S/C11H18N4O4/c1-9(17)15(3-2-12)11(19)10(18)14-6-4-13(8-16)5-7-14/h8H,2-7,12H2,1H3. The zero-order valence-corrected chi connectivity index (χ0v) is 10.9. The largest absolute Gasteiger partial charge is 0.342 e. The number of amides is 4. The topological polar surface area (TPSA) is 104 Å². The number of carbonyl (C=O) groups is 4. The molecule has 1 aliphatic rings. The van der Waals surface area contributed by atoms with Crippen molar-refractivity contribution in [3.63, 3.8) is 0 Å². The second kappa shape index (κ2) is 6.83. The van der Waals surface area contributed by atoms with Crippen molar-refractivity contribution in [3.05, 3.63) is 0 Å². The third kappa shape index (κ3) is 3.75. The summed E-state index contributed by atoms with van der Waals surface area (Å²) in [5.41, 5.74) is 5.30. The summed E-state index contributed by atoms with van der Waals surface area (Å²) in [6.45, 7) is 2.70. The van der Waals surface area contributed by atoms with Crippen molar-refractivity contribution < 1.29 is 19.2 Å². The first-order valence-corrected chi connectivity index (χ1v) is 6.02. The summed E-state index contributed by atoms with van der Waals surface area (Å²) in [5.74, 6) is -2.10. The molecule has 0 radical (unpaired) electrons. The molecule has 1 heterocycles. The SMILES string of the molecule is CC(=O)N(CCN)C(=O)C(=O)N1CCN(C=O)CC1. The van der Waals surface area contributed by atoms with E-state index in [2.05, 4.69) is 0 Å². The Bertz CT molecular complexity index is 377. The second-order valence-electron chi connectivity index (χ2n) is 4.20. The van der Waals surface area contributed by atoms with Crippen molar-refractivity contribution in [2.75, 3.05) is 39.3 Å². The number of nitrogens with zero attached hydrogens (tertiary/aromatic N) is 3. The Labute approximate surface area is 111 Å². The molecule has 2 N–H and O–H groups in total. The summed E-state index contributed by atoms with van der Waals surface area (Å²) in [7, 11) is 0. The minimum Gasteiger partial charge on any atom is -0.342 e. The summed E-state index contributed by atoms with van der Waals surface area (Å²) < 4.78 is 0. The molecule has 0 aromatic rings. The van der Waals surface area contributed by atoms with Crippen LogP contribution in [0.15, 0.2) is 0 Å². The molecule has 19 heavy (non-hydrogen) atoms. The smallest absolute Gasteiger partial charge is 0.318 e. The Morgan fingerprint density at radius 3 is 2.21 bits per heavy atom. The molecule has 8 nitrogen and oxygen atoms in total. The van der Waals surface area contributed by atoms with Crippen molar-refractivity contribution in [2.24, 2.45) is 5.73 Å². The third-order valence-corrected chi connectivity index (χ3v) is 2.91. The lowest BCUT2D eigenvalue weighted by Gasteiger charge is -2.33. The molecule has 8 heteroatoms. The molecular weight excluding hydrogens is 252 g/mol. The zero-order valence-electron chi connectivity index (χ0n) is 10.9. The van der Waals surface area contributed by atoms with Gasteiger partial charge in [0.1, 0.15) is 0 Å². The second-order valence-corrected chi connectivity index (χ2v) is 4.20. The fourth-order valence-corrected chi connectivity index (χ4v) is 1.81. The maximum absolute atomic E-state index is 11.9. The maximum Gasteiger partial charge on any atom is 0.318 e. The lowest BCUT2D eigenvalue weighted by atomic mass is 10.3. The molecule has 0 aromatic carbocycles. The van der Waals surface area contributed by atoms with Crippen LogP contribution in [-0.2, 0) is 19.2 Å². The van der Waals surface area contributed by atoms with E-state index < -0.39 is 17.7 Å². The van der Waals surface area contributed by atoms with E-state index in [0.717, 1.165) is 4.90 Å². The van der Waals surface area contributed by atoms with Gasteiger partial charge < -0.3 is 15.5 Å². The molecule has 1 saturated heterocycles. The Balaban J connectivity index is 2.63. The third-order valence-electron chi connectivity index (χ3n) is 2.91. The number of hydrogen-bond acceptors (Lipinski definition) is 5. The lowest BCUT2D eigenvalue weighted by molar-refractivity contribution is -0.157. The van der Waals surface area contributed by atoms with Crippen molar-refractivity contribution in [2.45, 2.75) is 6.92 Å². The summed E-state index contributed by atoms with van der Waals surface area (Å²) in [6.07, 6.45) is 0.708. The van der Waals surface area contributed by atoms with Crippen LogP contribution in [0.1, 0.15) is 6.92 Å². The maximum atomic E-state index is 11.9. The molecule has 0 unspecified atom stereocenters. The van der Waals surface area contributed by atoms with Crippen LogP contribution in [0.4, 0.5) is 0 Å². The highest BCUT2D eigenvalue weighted by atomic mass is 16.2. The summed E-state index contributed by atoms with van der Waals surface area (Å²) >= 11 is 0. The quantitative estimate of drug-likeness (QED) is 0.455. The van der Waals surface area contributed by atoms with Gasteiger partial charge in [-0.3, -0.25) is 24.1 Å². The van der Waals surface area contributed by atoms with Crippen molar-refractivity contribution in [1.29, 1.82) is 0 Å². The average Bonchev–Trinajstić information content (AvgIpc) is 2.43. The highest BCUT2D eigenvalue weighted by molar-refractivity contribution is 6.37. The Hall–Kier alpha value is -1.96. The molecule has 0 saturated carbocycles. The van der Waals surface area contributed by atoms with Gasteiger partial charge in [0.25, 0.3) is 0 Å². The first kappa shape index (κ1) is 15.1. The fourth-order valence-electron chi connectivity index (χ4n) is 1.81. The fraction of sp³-hybridized carbons (Fsp3) is 0.636. The average molecular weight is 270 g/mol. The van der Waals surface area contributed by atoms with Crippen molar-refractivity contribution >= 4 is 24.1 Å². The van der Waals surface area contributed by atoms with Crippen LogP contribution in [0.2, 0.25) is 0 Å². The van der Waals surface area contributed by atoms with Gasteiger partial charge in [0.05, 0.1) is 0 Å². The first-order chi connectivity index (χ1) is 9.01. The molecule has 4 amide bonds. The van der Waals surface area contributed by atoms with E-state index in [0.29, 0.717) is 19.5 Å². The molecule has 0 spiro atoms. The number of rotatable bonds is 3.